The topological polar surface area (TPSA) is 52.6 Å². The number of rotatable bonds is 4. The molecule has 1 aromatic carbocycles. The molecule has 26 heavy (non-hydrogen) atoms. The molecule has 0 radical (unpaired) electrons. The highest BCUT2D eigenvalue weighted by Crippen LogP contribution is 2.50. The maximum absolute atomic E-state index is 12.6. The fraction of sp³-hybridized carbons (Fsp3) is 0.429. The van der Waals surface area contributed by atoms with Gasteiger partial charge in [0, 0.05) is 0 Å². The number of hydrogen-bond acceptors (Lipinski definition) is 4. The zero-order chi connectivity index (χ0) is 19.5. The normalized spacial score (nSPS) is 20.0. The summed E-state index contributed by atoms with van der Waals surface area (Å²) in [5.74, 6) is -1.05. The molecule has 1 fully saturated rings. The first-order valence-electron chi connectivity index (χ1n) is 8.82. The van der Waals surface area contributed by atoms with Crippen molar-refractivity contribution in [2.75, 3.05) is 14.2 Å². The molecule has 0 unspecified atom stereocenters. The fourth-order valence-electron chi connectivity index (χ4n) is 3.86. The van der Waals surface area contributed by atoms with Crippen molar-refractivity contribution < 1.29 is 19.1 Å². The molecule has 0 atom stereocenters. The van der Waals surface area contributed by atoms with E-state index in [0.29, 0.717) is 12.8 Å². The Morgan fingerprint density at radius 2 is 1.54 bits per heavy atom. The minimum atomic E-state index is -1.77. The Balaban J connectivity index is 2.75. The first-order valence-corrected chi connectivity index (χ1v) is 12.3. The molecule has 1 aromatic rings. The van der Waals surface area contributed by atoms with E-state index in [1.54, 1.807) is 0 Å². The predicted octanol–water partition coefficient (Wildman–Crippen LogP) is 4.39. The largest absolute Gasteiger partial charge is 0.468 e. The second kappa shape index (κ2) is 7.62. The van der Waals surface area contributed by atoms with Gasteiger partial charge in [-0.1, -0.05) is 56.0 Å². The van der Waals surface area contributed by atoms with Crippen LogP contribution in [-0.2, 0) is 19.1 Å². The monoisotopic (exact) mass is 372 g/mol. The smallest absolute Gasteiger partial charge is 0.323 e. The lowest BCUT2D eigenvalue weighted by molar-refractivity contribution is -0.168. The molecule has 5 heteroatoms. The summed E-state index contributed by atoms with van der Waals surface area (Å²) in [6.07, 6.45) is 2.64. The Kier molecular flexibility index (Phi) is 5.91. The highest BCUT2D eigenvalue weighted by Gasteiger charge is 2.54. The molecule has 0 heterocycles. The first kappa shape index (κ1) is 20.2. The van der Waals surface area contributed by atoms with E-state index < -0.39 is 25.4 Å². The van der Waals surface area contributed by atoms with Crippen LogP contribution in [0.4, 0.5) is 0 Å². The molecule has 1 saturated carbocycles. The van der Waals surface area contributed by atoms with Crippen molar-refractivity contribution in [1.82, 2.24) is 0 Å². The third-order valence-corrected chi connectivity index (χ3v) is 7.06. The number of methoxy groups -OCH3 is 2. The Hall–Kier alpha value is -2.14. The van der Waals surface area contributed by atoms with Gasteiger partial charge in [0.25, 0.3) is 0 Å². The molecule has 2 rings (SSSR count). The Morgan fingerprint density at radius 1 is 1.00 bits per heavy atom. The van der Waals surface area contributed by atoms with Crippen molar-refractivity contribution in [3.63, 3.8) is 0 Å². The third-order valence-electron chi connectivity index (χ3n) is 4.97. The summed E-state index contributed by atoms with van der Waals surface area (Å²) >= 11 is 0. The molecule has 140 valence electrons. The number of hydrogen-bond donors (Lipinski definition) is 0. The molecule has 4 nitrogen and oxygen atoms in total. The van der Waals surface area contributed by atoms with Gasteiger partial charge in [0.15, 0.2) is 5.41 Å². The van der Waals surface area contributed by atoms with Crippen molar-refractivity contribution in [3.05, 3.63) is 53.1 Å². The van der Waals surface area contributed by atoms with Crippen LogP contribution in [0.25, 0.3) is 5.20 Å². The van der Waals surface area contributed by atoms with Crippen LogP contribution >= 0.6 is 0 Å². The summed E-state index contributed by atoms with van der Waals surface area (Å²) in [6, 6.07) is 10.2. The molecule has 0 bridgehead atoms. The number of benzene rings is 1. The highest BCUT2D eigenvalue weighted by atomic mass is 28.3. The SMILES string of the molecule is C/C=C1\CC(C(=O)OC)(C(=O)OC)C\C1=C(\c1ccccc1)[Si](C)(C)C. The summed E-state index contributed by atoms with van der Waals surface area (Å²) in [5, 5.41) is 1.28. The summed E-state index contributed by atoms with van der Waals surface area (Å²) < 4.78 is 9.99. The highest BCUT2D eigenvalue weighted by molar-refractivity contribution is 6.94. The van der Waals surface area contributed by atoms with Gasteiger partial charge < -0.3 is 9.47 Å². The Morgan fingerprint density at radius 3 is 1.96 bits per heavy atom. The minimum Gasteiger partial charge on any atom is -0.468 e. The van der Waals surface area contributed by atoms with Gasteiger partial charge in [-0.15, -0.1) is 0 Å². The zero-order valence-electron chi connectivity index (χ0n) is 16.5. The van der Waals surface area contributed by atoms with Crippen LogP contribution in [0.1, 0.15) is 25.3 Å². The van der Waals surface area contributed by atoms with E-state index >= 15 is 0 Å². The average molecular weight is 373 g/mol. The van der Waals surface area contributed by atoms with Gasteiger partial charge in [0.05, 0.1) is 22.3 Å². The van der Waals surface area contributed by atoms with Crippen LogP contribution in [0.3, 0.4) is 0 Å². The number of allylic oxidation sites excluding steroid dienone is 3. The molecule has 1 aliphatic rings. The van der Waals surface area contributed by atoms with Crippen molar-refractivity contribution in [2.45, 2.75) is 39.4 Å². The van der Waals surface area contributed by atoms with E-state index in [1.807, 2.05) is 31.2 Å². The van der Waals surface area contributed by atoms with Crippen LogP contribution in [-0.4, -0.2) is 34.2 Å². The zero-order valence-corrected chi connectivity index (χ0v) is 17.5. The molecule has 1 aliphatic carbocycles. The van der Waals surface area contributed by atoms with Crippen molar-refractivity contribution in [2.24, 2.45) is 5.41 Å². The van der Waals surface area contributed by atoms with Gasteiger partial charge in [-0.3, -0.25) is 9.59 Å². The van der Waals surface area contributed by atoms with E-state index in [9.17, 15) is 9.59 Å². The van der Waals surface area contributed by atoms with Gasteiger partial charge in [0.2, 0.25) is 0 Å². The number of carbonyl (C=O) groups excluding carboxylic acids is 2. The number of esters is 2. The van der Waals surface area contributed by atoms with E-state index in [-0.39, 0.29) is 0 Å². The Bertz CT molecular complexity index is 738. The van der Waals surface area contributed by atoms with E-state index in [0.717, 1.165) is 16.7 Å². The molecule has 0 N–H and O–H groups in total. The van der Waals surface area contributed by atoms with Crippen LogP contribution in [0, 0.1) is 5.41 Å². The lowest BCUT2D eigenvalue weighted by atomic mass is 9.85. The summed E-state index contributed by atoms with van der Waals surface area (Å²) in [6.45, 7) is 8.80. The van der Waals surface area contributed by atoms with Crippen molar-refractivity contribution in [3.8, 4) is 0 Å². The van der Waals surface area contributed by atoms with E-state index in [1.165, 1.54) is 19.4 Å². The second-order valence-corrected chi connectivity index (χ2v) is 12.7. The van der Waals surface area contributed by atoms with E-state index in [4.69, 9.17) is 9.47 Å². The molecule has 0 aromatic heterocycles. The third kappa shape index (κ3) is 3.54. The van der Waals surface area contributed by atoms with Gasteiger partial charge in [-0.05, 0) is 41.7 Å². The van der Waals surface area contributed by atoms with Crippen LogP contribution in [0.2, 0.25) is 19.6 Å². The maximum atomic E-state index is 12.6. The van der Waals surface area contributed by atoms with Crippen LogP contribution < -0.4 is 0 Å². The quantitative estimate of drug-likeness (QED) is 0.447. The molecule has 0 aliphatic heterocycles. The second-order valence-electron chi connectivity index (χ2n) is 7.70. The number of ether oxygens (including phenoxy) is 2. The molecule has 0 saturated heterocycles. The summed E-state index contributed by atoms with van der Waals surface area (Å²) in [5.41, 5.74) is 1.99. The molecule has 0 spiro atoms. The van der Waals surface area contributed by atoms with Crippen LogP contribution in [0.5, 0.6) is 0 Å². The van der Waals surface area contributed by atoms with Gasteiger partial charge in [-0.25, -0.2) is 0 Å². The predicted molar refractivity (Wildman–Crippen MR) is 106 cm³/mol. The summed E-state index contributed by atoms with van der Waals surface area (Å²) in [7, 11) is 0.872. The number of carbonyl (C=O) groups is 2. The summed E-state index contributed by atoms with van der Waals surface area (Å²) in [4.78, 5) is 25.2. The molecular formula is C21H28O4Si. The average Bonchev–Trinajstić information content (AvgIpc) is 3.00. The lowest BCUT2D eigenvalue weighted by Gasteiger charge is -2.26. The van der Waals surface area contributed by atoms with Crippen LogP contribution in [0.15, 0.2) is 47.6 Å². The lowest BCUT2D eigenvalue weighted by Crippen LogP contribution is -2.39. The Labute approximate surface area is 156 Å². The maximum Gasteiger partial charge on any atom is 0.323 e. The standard InChI is InChI=1S/C21H28O4Si/c1-7-15-13-21(19(22)24-2,20(23)25-3)14-17(15)18(26(4,5)6)16-11-9-8-10-12-16/h7-12H,13-14H2,1-6H3/b15-7+,18-17+. The van der Waals surface area contributed by atoms with Crippen molar-refractivity contribution in [1.29, 1.82) is 0 Å². The minimum absolute atomic E-state index is 0.318. The van der Waals surface area contributed by atoms with Crippen molar-refractivity contribution >= 4 is 25.2 Å². The van der Waals surface area contributed by atoms with E-state index in [2.05, 4.69) is 31.8 Å². The first-order chi connectivity index (χ1) is 12.2. The van der Waals surface area contributed by atoms with Gasteiger partial charge in [-0.2, -0.15) is 0 Å². The molecule has 0 amide bonds. The van der Waals surface area contributed by atoms with Gasteiger partial charge in [0.1, 0.15) is 0 Å². The van der Waals surface area contributed by atoms with Gasteiger partial charge >= 0.3 is 11.9 Å². The fourth-order valence-corrected chi connectivity index (χ4v) is 6.05. The molecular weight excluding hydrogens is 344 g/mol.